The van der Waals surface area contributed by atoms with E-state index in [0.717, 1.165) is 13.1 Å². The van der Waals surface area contributed by atoms with Gasteiger partial charge in [0.05, 0.1) is 0 Å². The van der Waals surface area contributed by atoms with E-state index in [1.807, 2.05) is 6.92 Å². The van der Waals surface area contributed by atoms with Crippen LogP contribution in [0.2, 0.25) is 0 Å². The van der Waals surface area contributed by atoms with Gasteiger partial charge in [0, 0.05) is 30.4 Å². The van der Waals surface area contributed by atoms with Crippen molar-refractivity contribution < 1.29 is 8.42 Å². The highest BCUT2D eigenvalue weighted by Crippen LogP contribution is 2.37. The van der Waals surface area contributed by atoms with Gasteiger partial charge in [-0.2, -0.15) is 4.31 Å². The molecule has 21 heavy (non-hydrogen) atoms. The zero-order chi connectivity index (χ0) is 14.6. The van der Waals surface area contributed by atoms with Crippen molar-refractivity contribution in [3.05, 3.63) is 24.5 Å². The van der Waals surface area contributed by atoms with Crippen LogP contribution in [0.3, 0.4) is 0 Å². The average molecular weight is 306 g/mol. The third kappa shape index (κ3) is 1.84. The number of sulfonamides is 1. The van der Waals surface area contributed by atoms with E-state index in [-0.39, 0.29) is 6.04 Å². The minimum Gasteiger partial charge on any atom is -0.345 e. The SMILES string of the molecule is CC1C2CNCC2CN1S(=O)(=O)c1c[nH]c2ncccc12. The summed E-state index contributed by atoms with van der Waals surface area (Å²) in [6.07, 6.45) is 3.22. The molecule has 112 valence electrons. The summed E-state index contributed by atoms with van der Waals surface area (Å²) >= 11 is 0. The van der Waals surface area contributed by atoms with Crippen molar-refractivity contribution in [1.82, 2.24) is 19.6 Å². The van der Waals surface area contributed by atoms with Crippen molar-refractivity contribution >= 4 is 21.1 Å². The molecule has 4 rings (SSSR count). The average Bonchev–Trinajstić information content (AvgIpc) is 3.15. The predicted octanol–water partition coefficient (Wildman–Crippen LogP) is 0.791. The van der Waals surface area contributed by atoms with Gasteiger partial charge in [-0.25, -0.2) is 13.4 Å². The minimum absolute atomic E-state index is 0.0385. The van der Waals surface area contributed by atoms with Crippen molar-refractivity contribution in [2.45, 2.75) is 17.9 Å². The maximum absolute atomic E-state index is 13.0. The molecule has 3 unspecified atom stereocenters. The van der Waals surface area contributed by atoms with E-state index >= 15 is 0 Å². The summed E-state index contributed by atoms with van der Waals surface area (Å²) in [6, 6.07) is 3.60. The molecule has 0 radical (unpaired) electrons. The maximum Gasteiger partial charge on any atom is 0.245 e. The third-order valence-corrected chi connectivity index (χ3v) is 6.87. The first kappa shape index (κ1) is 13.2. The molecule has 7 heteroatoms. The van der Waals surface area contributed by atoms with Crippen LogP contribution in [0, 0.1) is 11.8 Å². The zero-order valence-electron chi connectivity index (χ0n) is 11.8. The Morgan fingerprint density at radius 3 is 3.05 bits per heavy atom. The van der Waals surface area contributed by atoms with Crippen LogP contribution in [0.25, 0.3) is 11.0 Å². The number of pyridine rings is 1. The van der Waals surface area contributed by atoms with E-state index in [4.69, 9.17) is 0 Å². The van der Waals surface area contributed by atoms with Crippen LogP contribution in [0.1, 0.15) is 6.92 Å². The molecule has 2 aliphatic heterocycles. The topological polar surface area (TPSA) is 78.1 Å². The summed E-state index contributed by atoms with van der Waals surface area (Å²) in [4.78, 5) is 7.46. The van der Waals surface area contributed by atoms with Crippen molar-refractivity contribution in [2.24, 2.45) is 11.8 Å². The number of fused-ring (bicyclic) bond motifs is 2. The Hall–Kier alpha value is -1.44. The molecule has 6 nitrogen and oxygen atoms in total. The molecule has 0 aliphatic carbocycles. The first-order chi connectivity index (χ1) is 10.1. The normalized spacial score (nSPS) is 30.0. The Kier molecular flexibility index (Phi) is 2.85. The first-order valence-corrected chi connectivity index (χ1v) is 8.67. The Morgan fingerprint density at radius 2 is 2.24 bits per heavy atom. The van der Waals surface area contributed by atoms with Gasteiger partial charge in [0.15, 0.2) is 0 Å². The van der Waals surface area contributed by atoms with Crippen LogP contribution in [-0.2, 0) is 10.0 Å². The first-order valence-electron chi connectivity index (χ1n) is 7.23. The summed E-state index contributed by atoms with van der Waals surface area (Å²) in [5.41, 5.74) is 0.616. The lowest BCUT2D eigenvalue weighted by Crippen LogP contribution is -2.38. The lowest BCUT2D eigenvalue weighted by atomic mass is 9.95. The standard InChI is InChI=1S/C14H18N4O2S/c1-9-12-6-15-5-10(12)8-18(9)21(19,20)13-7-17-14-11(13)3-2-4-16-14/h2-4,7,9-10,12,15H,5-6,8H2,1H3,(H,16,17). The van der Waals surface area contributed by atoms with E-state index in [2.05, 4.69) is 15.3 Å². The quantitative estimate of drug-likeness (QED) is 0.860. The summed E-state index contributed by atoms with van der Waals surface area (Å²) in [5, 5.41) is 4.02. The number of nitrogens with one attached hydrogen (secondary N) is 2. The van der Waals surface area contributed by atoms with E-state index in [1.165, 1.54) is 0 Å². The monoisotopic (exact) mass is 306 g/mol. The summed E-state index contributed by atoms with van der Waals surface area (Å²) in [5.74, 6) is 0.848. The lowest BCUT2D eigenvalue weighted by Gasteiger charge is -2.23. The number of hydrogen-bond donors (Lipinski definition) is 2. The van der Waals surface area contributed by atoms with E-state index in [1.54, 1.807) is 28.8 Å². The van der Waals surface area contributed by atoms with Gasteiger partial charge in [-0.15, -0.1) is 0 Å². The molecule has 2 saturated heterocycles. The van der Waals surface area contributed by atoms with Gasteiger partial charge in [-0.3, -0.25) is 0 Å². The number of rotatable bonds is 2. The molecule has 0 aromatic carbocycles. The van der Waals surface area contributed by atoms with Gasteiger partial charge in [-0.1, -0.05) is 0 Å². The molecular weight excluding hydrogens is 288 g/mol. The zero-order valence-corrected chi connectivity index (χ0v) is 12.6. The van der Waals surface area contributed by atoms with Crippen LogP contribution < -0.4 is 5.32 Å². The molecule has 2 aromatic rings. The lowest BCUT2D eigenvalue weighted by molar-refractivity contribution is 0.361. The van der Waals surface area contributed by atoms with E-state index in [0.29, 0.717) is 34.3 Å². The Labute approximate surface area is 123 Å². The summed E-state index contributed by atoms with van der Waals surface area (Å²) in [7, 11) is -3.48. The Morgan fingerprint density at radius 1 is 1.38 bits per heavy atom. The maximum atomic E-state index is 13.0. The molecule has 2 N–H and O–H groups in total. The number of aromatic nitrogens is 2. The number of H-pyrrole nitrogens is 1. The van der Waals surface area contributed by atoms with Gasteiger partial charge < -0.3 is 10.3 Å². The second kappa shape index (κ2) is 4.53. The molecule has 2 aromatic heterocycles. The fraction of sp³-hybridized carbons (Fsp3) is 0.500. The number of aromatic amines is 1. The van der Waals surface area contributed by atoms with Crippen LogP contribution in [0.5, 0.6) is 0 Å². The molecule has 0 amide bonds. The highest BCUT2D eigenvalue weighted by Gasteiger charge is 2.47. The van der Waals surface area contributed by atoms with Crippen LogP contribution in [-0.4, -0.2) is 48.4 Å². The predicted molar refractivity (Wildman–Crippen MR) is 79.3 cm³/mol. The molecule has 2 fully saturated rings. The van der Waals surface area contributed by atoms with Crippen molar-refractivity contribution in [2.75, 3.05) is 19.6 Å². The Bertz CT molecular complexity index is 785. The second-order valence-corrected chi connectivity index (χ2v) is 7.81. The highest BCUT2D eigenvalue weighted by molar-refractivity contribution is 7.89. The van der Waals surface area contributed by atoms with Crippen molar-refractivity contribution in [3.8, 4) is 0 Å². The van der Waals surface area contributed by atoms with E-state index in [9.17, 15) is 8.42 Å². The number of nitrogens with zero attached hydrogens (tertiary/aromatic N) is 2. The molecule has 4 heterocycles. The fourth-order valence-electron chi connectivity index (χ4n) is 3.72. The summed E-state index contributed by atoms with van der Waals surface area (Å²) in [6.45, 7) is 4.44. The van der Waals surface area contributed by atoms with Crippen LogP contribution in [0.15, 0.2) is 29.4 Å². The van der Waals surface area contributed by atoms with Gasteiger partial charge in [0.25, 0.3) is 0 Å². The summed E-state index contributed by atoms with van der Waals surface area (Å²) < 4.78 is 27.7. The molecule has 0 spiro atoms. The fourth-order valence-corrected chi connectivity index (χ4v) is 5.60. The van der Waals surface area contributed by atoms with Crippen molar-refractivity contribution in [3.63, 3.8) is 0 Å². The third-order valence-electron chi connectivity index (χ3n) is 4.88. The highest BCUT2D eigenvalue weighted by atomic mass is 32.2. The molecule has 0 saturated carbocycles. The largest absolute Gasteiger partial charge is 0.345 e. The van der Waals surface area contributed by atoms with Gasteiger partial charge in [-0.05, 0) is 44.0 Å². The number of hydrogen-bond acceptors (Lipinski definition) is 4. The minimum atomic E-state index is -3.48. The van der Waals surface area contributed by atoms with Crippen LogP contribution >= 0.6 is 0 Å². The van der Waals surface area contributed by atoms with Crippen molar-refractivity contribution in [1.29, 1.82) is 0 Å². The Balaban J connectivity index is 1.77. The molecule has 0 bridgehead atoms. The molecular formula is C14H18N4O2S. The van der Waals surface area contributed by atoms with Gasteiger partial charge in [0.1, 0.15) is 10.5 Å². The second-order valence-electron chi connectivity index (χ2n) is 5.95. The smallest absolute Gasteiger partial charge is 0.245 e. The molecule has 2 aliphatic rings. The van der Waals surface area contributed by atoms with E-state index < -0.39 is 10.0 Å². The van der Waals surface area contributed by atoms with Crippen LogP contribution in [0.4, 0.5) is 0 Å². The van der Waals surface area contributed by atoms with Gasteiger partial charge in [0.2, 0.25) is 10.0 Å². The molecule has 3 atom stereocenters. The van der Waals surface area contributed by atoms with Gasteiger partial charge >= 0.3 is 0 Å².